The first kappa shape index (κ1) is 15.8. The van der Waals surface area contributed by atoms with Crippen LogP contribution in [-0.2, 0) is 0 Å². The van der Waals surface area contributed by atoms with Crippen LogP contribution in [0.3, 0.4) is 0 Å². The van der Waals surface area contributed by atoms with Crippen LogP contribution >= 0.6 is 35.7 Å². The zero-order valence-electron chi connectivity index (χ0n) is 11.5. The number of hydrogen-bond donors (Lipinski definition) is 1. The number of hydrogen-bond acceptors (Lipinski definition) is 3. The molecule has 6 heteroatoms. The predicted molar refractivity (Wildman–Crippen MR) is 95.2 cm³/mol. The van der Waals surface area contributed by atoms with Crippen molar-refractivity contribution in [1.29, 1.82) is 0 Å². The molecule has 2 N–H and O–H groups in total. The second-order valence-corrected chi connectivity index (χ2v) is 6.12. The van der Waals surface area contributed by atoms with E-state index in [1.807, 2.05) is 36.9 Å². The van der Waals surface area contributed by atoms with E-state index < -0.39 is 0 Å². The highest BCUT2D eigenvalue weighted by atomic mass is 127. The summed E-state index contributed by atoms with van der Waals surface area (Å²) in [5, 5.41) is 0. The second kappa shape index (κ2) is 6.89. The molecule has 3 rings (SSSR count). The normalized spacial score (nSPS) is 25.6. The van der Waals surface area contributed by atoms with E-state index in [1.165, 1.54) is 0 Å². The average molecular weight is 405 g/mol. The van der Waals surface area contributed by atoms with E-state index in [9.17, 15) is 0 Å². The molecule has 0 aromatic heterocycles. The first-order chi connectivity index (χ1) is 9.25. The Morgan fingerprint density at radius 3 is 2.80 bits per heavy atom. The largest absolute Gasteiger partial charge is 0.488 e. The van der Waals surface area contributed by atoms with Gasteiger partial charge in [-0.15, -0.1) is 24.0 Å². The smallest absolute Gasteiger partial charge is 0.192 e. The van der Waals surface area contributed by atoms with Gasteiger partial charge < -0.3 is 15.4 Å². The number of halogens is 1. The average Bonchev–Trinajstić information content (AvgIpc) is 2.76. The number of guanidine groups is 1. The molecular formula is C14H20IN3OS. The number of fused-ring (bicyclic) bond motifs is 1. The van der Waals surface area contributed by atoms with Crippen LogP contribution in [0.1, 0.15) is 18.5 Å². The van der Waals surface area contributed by atoms with E-state index >= 15 is 0 Å². The van der Waals surface area contributed by atoms with Crippen molar-refractivity contribution in [1.82, 2.24) is 4.90 Å². The van der Waals surface area contributed by atoms with E-state index in [0.29, 0.717) is 5.96 Å². The molecule has 1 aromatic carbocycles. The van der Waals surface area contributed by atoms with Crippen LogP contribution in [0.2, 0.25) is 0 Å². The molecule has 1 saturated heterocycles. The molecule has 1 fully saturated rings. The van der Waals surface area contributed by atoms with Gasteiger partial charge in [-0.1, -0.05) is 18.2 Å². The van der Waals surface area contributed by atoms with E-state index in [2.05, 4.69) is 11.0 Å². The van der Waals surface area contributed by atoms with Crippen LogP contribution in [0.25, 0.3) is 0 Å². The monoisotopic (exact) mass is 405 g/mol. The van der Waals surface area contributed by atoms with Gasteiger partial charge >= 0.3 is 0 Å². The van der Waals surface area contributed by atoms with Gasteiger partial charge in [-0.2, -0.15) is 11.8 Å². The number of ether oxygens (including phenoxy) is 1. The molecule has 0 radical (unpaired) electrons. The van der Waals surface area contributed by atoms with E-state index in [-0.39, 0.29) is 36.1 Å². The predicted octanol–water partition coefficient (Wildman–Crippen LogP) is 2.49. The Labute approximate surface area is 141 Å². The maximum absolute atomic E-state index is 6.16. The van der Waals surface area contributed by atoms with Crippen LogP contribution in [0.15, 0.2) is 29.3 Å². The maximum Gasteiger partial charge on any atom is 0.192 e. The fourth-order valence-corrected chi connectivity index (χ4v) is 3.44. The quantitative estimate of drug-likeness (QED) is 0.443. The Hall–Kier alpha value is -0.630. The first-order valence-electron chi connectivity index (χ1n) is 6.67. The Bertz CT molecular complexity index is 491. The molecule has 20 heavy (non-hydrogen) atoms. The first-order valence-corrected chi connectivity index (χ1v) is 7.83. The molecule has 110 valence electrons. The highest BCUT2D eigenvalue weighted by molar-refractivity contribution is 14.0. The third kappa shape index (κ3) is 3.16. The number of para-hydroxylation sites is 1. The second-order valence-electron chi connectivity index (χ2n) is 4.89. The molecule has 4 nitrogen and oxygen atoms in total. The molecule has 0 amide bonds. The van der Waals surface area contributed by atoms with Gasteiger partial charge in [0.05, 0.1) is 0 Å². The van der Waals surface area contributed by atoms with Gasteiger partial charge in [-0.3, -0.25) is 0 Å². The molecule has 2 aliphatic rings. The van der Waals surface area contributed by atoms with Crippen LogP contribution in [0.4, 0.5) is 0 Å². The lowest BCUT2D eigenvalue weighted by Crippen LogP contribution is -2.43. The van der Waals surface area contributed by atoms with Crippen molar-refractivity contribution in [3.05, 3.63) is 29.8 Å². The molecule has 2 heterocycles. The summed E-state index contributed by atoms with van der Waals surface area (Å²) in [5.74, 6) is 3.84. The highest BCUT2D eigenvalue weighted by Crippen LogP contribution is 2.38. The van der Waals surface area contributed by atoms with Crippen molar-refractivity contribution in [2.75, 3.05) is 24.6 Å². The van der Waals surface area contributed by atoms with Crippen LogP contribution in [-0.4, -0.2) is 41.6 Å². The summed E-state index contributed by atoms with van der Waals surface area (Å²) in [5.41, 5.74) is 7.30. The van der Waals surface area contributed by atoms with Crippen molar-refractivity contribution in [3.8, 4) is 5.75 Å². The third-order valence-electron chi connectivity index (χ3n) is 3.60. The summed E-state index contributed by atoms with van der Waals surface area (Å²) >= 11 is 1.97. The number of benzene rings is 1. The fourth-order valence-electron chi connectivity index (χ4n) is 2.54. The summed E-state index contributed by atoms with van der Waals surface area (Å²) in [6, 6.07) is 8.10. The standard InChI is InChI=1S/C14H19N3OS.HI/c1-10-13(11-4-2-3-5-12(11)18-10)16-14(15)17-6-8-19-9-7-17;/h2-5,10,13H,6-9H2,1H3,(H2,15,16);1H. The minimum Gasteiger partial charge on any atom is -0.488 e. The molecule has 0 bridgehead atoms. The lowest BCUT2D eigenvalue weighted by molar-refractivity contribution is 0.228. The van der Waals surface area contributed by atoms with Crippen molar-refractivity contribution in [3.63, 3.8) is 0 Å². The van der Waals surface area contributed by atoms with E-state index in [4.69, 9.17) is 15.5 Å². The molecule has 1 aromatic rings. The number of thioether (sulfide) groups is 1. The SMILES string of the molecule is CC1Oc2ccccc2C1N=C(N)N1CCSCC1.I. The molecule has 0 spiro atoms. The Balaban J connectivity index is 0.00000147. The van der Waals surface area contributed by atoms with Crippen molar-refractivity contribution in [2.45, 2.75) is 19.1 Å². The number of nitrogens with zero attached hydrogens (tertiary/aromatic N) is 2. The summed E-state index contributed by atoms with van der Waals surface area (Å²) in [4.78, 5) is 6.88. The molecule has 2 atom stereocenters. The van der Waals surface area contributed by atoms with Crippen LogP contribution in [0, 0.1) is 0 Å². The molecule has 0 saturated carbocycles. The zero-order valence-corrected chi connectivity index (χ0v) is 14.6. The summed E-state index contributed by atoms with van der Waals surface area (Å²) < 4.78 is 5.82. The number of aliphatic imine (C=N–C) groups is 1. The molecule has 2 unspecified atom stereocenters. The van der Waals surface area contributed by atoms with E-state index in [1.54, 1.807) is 0 Å². The number of rotatable bonds is 1. The van der Waals surface area contributed by atoms with Gasteiger partial charge in [0, 0.05) is 30.2 Å². The van der Waals surface area contributed by atoms with Gasteiger partial charge in [-0.25, -0.2) is 4.99 Å². The van der Waals surface area contributed by atoms with Gasteiger partial charge in [0.25, 0.3) is 0 Å². The fraction of sp³-hybridized carbons (Fsp3) is 0.500. The topological polar surface area (TPSA) is 50.9 Å². The molecular weight excluding hydrogens is 385 g/mol. The maximum atomic E-state index is 6.16. The van der Waals surface area contributed by atoms with Crippen LogP contribution < -0.4 is 10.5 Å². The minimum absolute atomic E-state index is 0. The van der Waals surface area contributed by atoms with Gasteiger partial charge in [-0.05, 0) is 13.0 Å². The lowest BCUT2D eigenvalue weighted by atomic mass is 10.1. The summed E-state index contributed by atoms with van der Waals surface area (Å²) in [6.45, 7) is 4.03. The zero-order chi connectivity index (χ0) is 13.2. The van der Waals surface area contributed by atoms with Crippen molar-refractivity contribution in [2.24, 2.45) is 10.7 Å². The van der Waals surface area contributed by atoms with Crippen LogP contribution in [0.5, 0.6) is 5.75 Å². The third-order valence-corrected chi connectivity index (χ3v) is 4.54. The van der Waals surface area contributed by atoms with Crippen molar-refractivity contribution >= 4 is 41.7 Å². The minimum atomic E-state index is 0. The Morgan fingerprint density at radius 2 is 2.05 bits per heavy atom. The molecule has 2 aliphatic heterocycles. The summed E-state index contributed by atoms with van der Waals surface area (Å²) in [6.07, 6.45) is 0.0510. The van der Waals surface area contributed by atoms with Gasteiger partial charge in [0.15, 0.2) is 5.96 Å². The Morgan fingerprint density at radius 1 is 1.35 bits per heavy atom. The summed E-state index contributed by atoms with van der Waals surface area (Å²) in [7, 11) is 0. The van der Waals surface area contributed by atoms with E-state index in [0.717, 1.165) is 35.9 Å². The number of nitrogens with two attached hydrogens (primary N) is 1. The van der Waals surface area contributed by atoms with Gasteiger partial charge in [0.1, 0.15) is 17.9 Å². The van der Waals surface area contributed by atoms with Crippen molar-refractivity contribution < 1.29 is 4.74 Å². The lowest BCUT2D eigenvalue weighted by Gasteiger charge is -2.28. The highest BCUT2D eigenvalue weighted by Gasteiger charge is 2.31. The molecule has 0 aliphatic carbocycles. The van der Waals surface area contributed by atoms with Gasteiger partial charge in [0.2, 0.25) is 0 Å². The Kier molecular flexibility index (Phi) is 5.42.